The number of likely N-dealkylation sites (tertiary alicyclic amines) is 2. The van der Waals surface area contributed by atoms with Crippen LogP contribution in [0.5, 0.6) is 0 Å². The number of nitrogens with zero attached hydrogens (tertiary/aromatic N) is 5. The van der Waals surface area contributed by atoms with Gasteiger partial charge in [0.05, 0.1) is 23.3 Å². The summed E-state index contributed by atoms with van der Waals surface area (Å²) in [5.41, 5.74) is 5.82. The number of oxazole rings is 1. The van der Waals surface area contributed by atoms with Crippen molar-refractivity contribution < 1.29 is 28.7 Å². The molecule has 14 nitrogen and oxygen atoms in total. The molecular weight excluding hydrogens is 749 g/mol. The monoisotopic (exact) mass is 794 g/mol. The Kier molecular flexibility index (Phi) is 11.0. The second-order valence-corrected chi connectivity index (χ2v) is 15.4. The normalized spacial score (nSPS) is 17.6. The summed E-state index contributed by atoms with van der Waals surface area (Å²) in [6.45, 7) is 2.86. The molecule has 59 heavy (non-hydrogen) atoms. The van der Waals surface area contributed by atoms with Crippen molar-refractivity contribution in [3.63, 3.8) is 0 Å². The van der Waals surface area contributed by atoms with Gasteiger partial charge in [0.1, 0.15) is 23.9 Å². The quantitative estimate of drug-likeness (QED) is 0.107. The summed E-state index contributed by atoms with van der Waals surface area (Å²) < 4.78 is 6.27. The van der Waals surface area contributed by atoms with Gasteiger partial charge in [0.2, 0.25) is 17.7 Å². The minimum atomic E-state index is -1.33. The summed E-state index contributed by atoms with van der Waals surface area (Å²) in [6.07, 6.45) is 3.07. The fourth-order valence-corrected chi connectivity index (χ4v) is 8.28. The summed E-state index contributed by atoms with van der Waals surface area (Å²) in [6, 6.07) is 27.3. The second-order valence-electron chi connectivity index (χ2n) is 15.4. The lowest BCUT2D eigenvalue weighted by atomic mass is 10.0. The lowest BCUT2D eigenvalue weighted by molar-refractivity contribution is -0.138. The van der Waals surface area contributed by atoms with Gasteiger partial charge in [-0.2, -0.15) is 0 Å². The molecule has 0 radical (unpaired) electrons. The molecule has 4 amide bonds. The number of hydrogen-bond acceptors (Lipinski definition) is 8. The summed E-state index contributed by atoms with van der Waals surface area (Å²) >= 11 is 0. The molecule has 0 bridgehead atoms. The number of aromatic amines is 1. The first-order valence-corrected chi connectivity index (χ1v) is 19.8. The molecule has 0 saturated carbocycles. The fraction of sp³-hybridized carbons (Fsp3) is 0.289. The second kappa shape index (κ2) is 16.6. The molecule has 2 fully saturated rings. The van der Waals surface area contributed by atoms with Gasteiger partial charge in [-0.05, 0) is 93.7 Å². The van der Waals surface area contributed by atoms with Gasteiger partial charge in [-0.1, -0.05) is 66.7 Å². The van der Waals surface area contributed by atoms with Crippen LogP contribution in [0.25, 0.3) is 33.8 Å². The number of amides is 4. The molecule has 14 heteroatoms. The first-order chi connectivity index (χ1) is 28.5. The molecule has 4 aromatic carbocycles. The number of anilines is 1. The number of aromatic nitrogens is 3. The lowest BCUT2D eigenvalue weighted by Crippen LogP contribution is -2.48. The van der Waals surface area contributed by atoms with Gasteiger partial charge >= 0.3 is 6.09 Å². The number of carbonyl (C=O) groups is 4. The summed E-state index contributed by atoms with van der Waals surface area (Å²) in [4.78, 5) is 71.5. The molecule has 0 spiro atoms. The van der Waals surface area contributed by atoms with E-state index in [0.717, 1.165) is 46.4 Å². The van der Waals surface area contributed by atoms with E-state index < -0.39 is 30.1 Å². The van der Waals surface area contributed by atoms with Crippen molar-refractivity contribution in [2.45, 2.75) is 56.8 Å². The van der Waals surface area contributed by atoms with Crippen molar-refractivity contribution in [3.05, 3.63) is 126 Å². The molecule has 4 heterocycles. The predicted molar refractivity (Wildman–Crippen MR) is 222 cm³/mol. The number of rotatable bonds is 11. The minimum Gasteiger partial charge on any atom is -0.465 e. The van der Waals surface area contributed by atoms with Gasteiger partial charge in [0.15, 0.2) is 5.76 Å². The molecule has 2 aliphatic heterocycles. The summed E-state index contributed by atoms with van der Waals surface area (Å²) in [7, 11) is 3.86. The van der Waals surface area contributed by atoms with Gasteiger partial charge in [-0.25, -0.2) is 14.8 Å². The number of aryl methyl sites for hydroxylation is 1. The first-order valence-electron chi connectivity index (χ1n) is 19.8. The Labute approximate surface area is 341 Å². The molecule has 2 aliphatic rings. The average Bonchev–Trinajstić information content (AvgIpc) is 4.07. The van der Waals surface area contributed by atoms with Crippen molar-refractivity contribution in [1.29, 1.82) is 0 Å². The molecule has 302 valence electrons. The van der Waals surface area contributed by atoms with Crippen molar-refractivity contribution >= 4 is 40.5 Å². The SMILES string of the molecule is Cc1ccc(-c2ncc(-c3ccc4[nH]c([C@@H]5CCCN5C(=O)[C@@H](c5ccccc5)N(C)C)nc4c3)o2)cc1NC(=O)[C@@H]1CCCN1C(=O)[C@H](NC(=O)O)c1ccccc1. The van der Waals surface area contributed by atoms with Crippen molar-refractivity contribution in [2.75, 3.05) is 32.5 Å². The summed E-state index contributed by atoms with van der Waals surface area (Å²) in [5, 5.41) is 14.8. The number of fused-ring (bicyclic) bond motifs is 1. The zero-order chi connectivity index (χ0) is 41.2. The van der Waals surface area contributed by atoms with Crippen molar-refractivity contribution in [3.8, 4) is 22.8 Å². The highest BCUT2D eigenvalue weighted by Crippen LogP contribution is 2.36. The van der Waals surface area contributed by atoms with E-state index in [9.17, 15) is 24.3 Å². The third-order valence-electron chi connectivity index (χ3n) is 11.2. The Balaban J connectivity index is 0.975. The smallest absolute Gasteiger partial charge is 0.405 e. The minimum absolute atomic E-state index is 0.0518. The van der Waals surface area contributed by atoms with Crippen LogP contribution in [0.2, 0.25) is 0 Å². The van der Waals surface area contributed by atoms with E-state index in [1.165, 1.54) is 4.90 Å². The highest BCUT2D eigenvalue weighted by Gasteiger charge is 2.39. The van der Waals surface area contributed by atoms with Crippen LogP contribution in [0.4, 0.5) is 10.5 Å². The highest BCUT2D eigenvalue weighted by molar-refractivity contribution is 5.99. The van der Waals surface area contributed by atoms with Crippen LogP contribution in [-0.2, 0) is 14.4 Å². The molecule has 2 saturated heterocycles. The Bertz CT molecular complexity index is 2500. The van der Waals surface area contributed by atoms with Gasteiger partial charge in [0.25, 0.3) is 5.91 Å². The summed E-state index contributed by atoms with van der Waals surface area (Å²) in [5.74, 6) is 0.850. The van der Waals surface area contributed by atoms with Crippen LogP contribution in [0.1, 0.15) is 66.3 Å². The predicted octanol–water partition coefficient (Wildman–Crippen LogP) is 7.10. The zero-order valence-electron chi connectivity index (χ0n) is 33.1. The van der Waals surface area contributed by atoms with E-state index in [1.807, 2.05) is 91.5 Å². The van der Waals surface area contributed by atoms with E-state index in [-0.39, 0.29) is 17.9 Å². The topological polar surface area (TPSA) is 177 Å². The number of likely N-dealkylation sites (N-methyl/N-ethyl adjacent to an activating group) is 1. The van der Waals surface area contributed by atoms with Crippen LogP contribution in [0.15, 0.2) is 108 Å². The van der Waals surface area contributed by atoms with Crippen LogP contribution in [-0.4, -0.2) is 91.8 Å². The van der Waals surface area contributed by atoms with Crippen LogP contribution in [0.3, 0.4) is 0 Å². The average molecular weight is 795 g/mol. The van der Waals surface area contributed by atoms with Gasteiger partial charge in [-0.15, -0.1) is 0 Å². The number of benzene rings is 4. The van der Waals surface area contributed by atoms with Gasteiger partial charge in [0, 0.05) is 29.9 Å². The number of nitrogens with one attached hydrogen (secondary N) is 3. The third kappa shape index (κ3) is 8.03. The maximum Gasteiger partial charge on any atom is 0.405 e. The number of hydrogen-bond donors (Lipinski definition) is 4. The molecule has 4 atom stereocenters. The molecule has 6 aromatic rings. The van der Waals surface area contributed by atoms with E-state index >= 15 is 0 Å². The highest BCUT2D eigenvalue weighted by atomic mass is 16.4. The van der Waals surface area contributed by atoms with E-state index in [0.29, 0.717) is 54.4 Å². The standard InChI is InChI=1S/C45H46N8O6/c1-27-18-19-31(25-33(27)49-41(54)36-17-11-23-53(36)43(55)38(50-45(57)58)28-12-6-4-7-13-28)42-46-26-37(59-42)30-20-21-32-34(24-30)48-40(47-32)35-16-10-22-52(35)44(56)39(51(2)3)29-14-8-5-9-15-29/h4-9,12-15,18-21,24-26,35-36,38-39,50H,10-11,16-17,22-23H2,1-3H3,(H,47,48)(H,49,54)(H,57,58)/t35-,36-,38+,39+/m0/s1. The Morgan fingerprint density at radius 3 is 2.27 bits per heavy atom. The number of carboxylic acid groups (broad SMARTS) is 1. The molecule has 0 aliphatic carbocycles. The van der Waals surface area contributed by atoms with E-state index in [4.69, 9.17) is 9.40 Å². The van der Waals surface area contributed by atoms with Crippen LogP contribution >= 0.6 is 0 Å². The Hall–Kier alpha value is -6.80. The number of imidazole rings is 1. The molecule has 2 aromatic heterocycles. The molecule has 4 N–H and O–H groups in total. The van der Waals surface area contributed by atoms with Crippen LogP contribution in [0, 0.1) is 6.92 Å². The van der Waals surface area contributed by atoms with Gasteiger partial charge < -0.3 is 34.9 Å². The Morgan fingerprint density at radius 2 is 1.54 bits per heavy atom. The number of H-pyrrole nitrogens is 1. The molecule has 0 unspecified atom stereocenters. The number of carbonyl (C=O) groups excluding carboxylic acids is 3. The van der Waals surface area contributed by atoms with Crippen LogP contribution < -0.4 is 10.6 Å². The zero-order valence-corrected chi connectivity index (χ0v) is 33.1. The molecule has 8 rings (SSSR count). The van der Waals surface area contributed by atoms with Crippen molar-refractivity contribution in [1.82, 2.24) is 35.0 Å². The van der Waals surface area contributed by atoms with E-state index in [2.05, 4.69) is 20.6 Å². The third-order valence-corrected chi connectivity index (χ3v) is 11.2. The Morgan fingerprint density at radius 1 is 0.847 bits per heavy atom. The maximum atomic E-state index is 14.0. The largest absolute Gasteiger partial charge is 0.465 e. The molecular formula is C45H46N8O6. The maximum absolute atomic E-state index is 14.0. The fourth-order valence-electron chi connectivity index (χ4n) is 8.28. The van der Waals surface area contributed by atoms with Gasteiger partial charge in [-0.3, -0.25) is 19.3 Å². The van der Waals surface area contributed by atoms with Crippen molar-refractivity contribution in [2.24, 2.45) is 0 Å². The van der Waals surface area contributed by atoms with E-state index in [1.54, 1.807) is 42.6 Å². The lowest BCUT2D eigenvalue weighted by Gasteiger charge is -2.31. The first kappa shape index (κ1) is 39.0.